The van der Waals surface area contributed by atoms with E-state index in [-0.39, 0.29) is 10.9 Å². The molecule has 1 rings (SSSR count). The van der Waals surface area contributed by atoms with Crippen LogP contribution in [0, 0.1) is 13.8 Å². The highest BCUT2D eigenvalue weighted by molar-refractivity contribution is 7.89. The molecule has 2 N–H and O–H groups in total. The number of nitrogens with zero attached hydrogens (tertiary/aromatic N) is 1. The van der Waals surface area contributed by atoms with Crippen molar-refractivity contribution in [3.63, 3.8) is 0 Å². The summed E-state index contributed by atoms with van der Waals surface area (Å²) in [5, 5.41) is 0. The van der Waals surface area contributed by atoms with Gasteiger partial charge in [0.15, 0.2) is 0 Å². The van der Waals surface area contributed by atoms with Crippen LogP contribution in [0.2, 0.25) is 0 Å². The van der Waals surface area contributed by atoms with Crippen LogP contribution >= 0.6 is 0 Å². The molecule has 0 atom stereocenters. The highest BCUT2D eigenvalue weighted by Gasteiger charge is 2.30. The van der Waals surface area contributed by atoms with Crippen LogP contribution in [0.1, 0.15) is 38.3 Å². The number of sulfonamides is 1. The Balaban J connectivity index is 3.46. The fourth-order valence-electron chi connectivity index (χ4n) is 2.14. The molecule has 0 fully saturated rings. The molecule has 0 heterocycles. The van der Waals surface area contributed by atoms with Gasteiger partial charge in [-0.2, -0.15) is 4.31 Å². The van der Waals surface area contributed by atoms with Gasteiger partial charge in [0, 0.05) is 12.6 Å². The lowest BCUT2D eigenvalue weighted by Crippen LogP contribution is -2.38. The molecule has 5 heteroatoms. The number of rotatable bonds is 5. The van der Waals surface area contributed by atoms with Crippen molar-refractivity contribution < 1.29 is 8.42 Å². The monoisotopic (exact) mass is 284 g/mol. The molecule has 0 bridgehead atoms. The van der Waals surface area contributed by atoms with Crippen molar-refractivity contribution in [3.05, 3.63) is 23.3 Å². The number of hydrogen-bond donors (Lipinski definition) is 1. The van der Waals surface area contributed by atoms with Crippen LogP contribution in [-0.2, 0) is 10.0 Å². The van der Waals surface area contributed by atoms with Gasteiger partial charge in [-0.1, -0.05) is 19.1 Å². The van der Waals surface area contributed by atoms with Gasteiger partial charge in [-0.15, -0.1) is 0 Å². The van der Waals surface area contributed by atoms with Gasteiger partial charge < -0.3 is 5.73 Å². The first kappa shape index (κ1) is 16.0. The quantitative estimate of drug-likeness (QED) is 0.846. The Kier molecular flexibility index (Phi) is 4.98. The van der Waals surface area contributed by atoms with Crippen LogP contribution in [-0.4, -0.2) is 25.3 Å². The van der Waals surface area contributed by atoms with E-state index >= 15 is 0 Å². The minimum absolute atomic E-state index is 0.0794. The molecule has 1 aromatic carbocycles. The number of hydrogen-bond acceptors (Lipinski definition) is 3. The fourth-order valence-corrected chi connectivity index (χ4v) is 4.27. The second kappa shape index (κ2) is 5.92. The summed E-state index contributed by atoms with van der Waals surface area (Å²) >= 11 is 0. The van der Waals surface area contributed by atoms with Gasteiger partial charge in [0.1, 0.15) is 4.90 Å². The van der Waals surface area contributed by atoms with E-state index in [1.54, 1.807) is 6.92 Å². The van der Waals surface area contributed by atoms with Gasteiger partial charge in [0.2, 0.25) is 10.0 Å². The molecule has 0 amide bonds. The molecule has 0 radical (unpaired) electrons. The summed E-state index contributed by atoms with van der Waals surface area (Å²) in [5.41, 5.74) is 7.86. The van der Waals surface area contributed by atoms with E-state index in [0.717, 1.165) is 12.0 Å². The minimum Gasteiger partial charge on any atom is -0.397 e. The number of nitrogen functional groups attached to an aromatic ring is 1. The van der Waals surface area contributed by atoms with Crippen molar-refractivity contribution in [1.29, 1.82) is 0 Å². The normalized spacial score (nSPS) is 12.4. The van der Waals surface area contributed by atoms with E-state index in [1.165, 1.54) is 4.31 Å². The van der Waals surface area contributed by atoms with Crippen LogP contribution in [0.5, 0.6) is 0 Å². The molecular weight excluding hydrogens is 260 g/mol. The summed E-state index contributed by atoms with van der Waals surface area (Å²) in [6.45, 7) is 9.85. The second-order valence-corrected chi connectivity index (χ2v) is 6.98. The molecule has 0 aliphatic carbocycles. The van der Waals surface area contributed by atoms with Gasteiger partial charge in [0.05, 0.1) is 5.69 Å². The Hall–Kier alpha value is -1.07. The van der Waals surface area contributed by atoms with Crippen LogP contribution in [0.3, 0.4) is 0 Å². The molecule has 0 unspecified atom stereocenters. The average molecular weight is 284 g/mol. The SMILES string of the molecule is CCCN(C(C)C)S(=O)(=O)c1c(C)ccc(C)c1N. The lowest BCUT2D eigenvalue weighted by Gasteiger charge is -2.27. The lowest BCUT2D eigenvalue weighted by atomic mass is 10.1. The summed E-state index contributed by atoms with van der Waals surface area (Å²) in [5.74, 6) is 0. The Morgan fingerprint density at radius 3 is 2.21 bits per heavy atom. The lowest BCUT2D eigenvalue weighted by molar-refractivity contribution is 0.354. The first-order chi connectivity index (χ1) is 8.73. The summed E-state index contributed by atoms with van der Waals surface area (Å²) in [7, 11) is -3.54. The van der Waals surface area contributed by atoms with Gasteiger partial charge >= 0.3 is 0 Å². The van der Waals surface area contributed by atoms with Crippen molar-refractivity contribution in [2.45, 2.75) is 52.0 Å². The van der Waals surface area contributed by atoms with E-state index in [0.29, 0.717) is 17.8 Å². The zero-order valence-corrected chi connectivity index (χ0v) is 13.2. The Morgan fingerprint density at radius 2 is 1.74 bits per heavy atom. The van der Waals surface area contributed by atoms with Crippen LogP contribution in [0.4, 0.5) is 5.69 Å². The van der Waals surface area contributed by atoms with Gasteiger partial charge in [-0.05, 0) is 45.2 Å². The molecule has 0 aliphatic heterocycles. The van der Waals surface area contributed by atoms with Crippen molar-refractivity contribution in [1.82, 2.24) is 4.31 Å². The van der Waals surface area contributed by atoms with Gasteiger partial charge in [-0.25, -0.2) is 8.42 Å². The molecule has 108 valence electrons. The van der Waals surface area contributed by atoms with E-state index in [9.17, 15) is 8.42 Å². The third-order valence-electron chi connectivity index (χ3n) is 3.20. The molecule has 0 aliphatic rings. The Morgan fingerprint density at radius 1 is 1.21 bits per heavy atom. The first-order valence-electron chi connectivity index (χ1n) is 6.61. The molecular formula is C14H24N2O2S. The van der Waals surface area contributed by atoms with E-state index in [4.69, 9.17) is 5.73 Å². The number of aryl methyl sites for hydroxylation is 2. The summed E-state index contributed by atoms with van der Waals surface area (Å²) < 4.78 is 27.1. The molecule has 0 saturated carbocycles. The van der Waals surface area contributed by atoms with Crippen LogP contribution in [0.15, 0.2) is 17.0 Å². The Labute approximate surface area is 116 Å². The maximum Gasteiger partial charge on any atom is 0.245 e. The topological polar surface area (TPSA) is 63.4 Å². The zero-order chi connectivity index (χ0) is 14.8. The molecule has 1 aromatic rings. The summed E-state index contributed by atoms with van der Waals surface area (Å²) in [6.07, 6.45) is 0.780. The Bertz CT molecular complexity index is 551. The van der Waals surface area contributed by atoms with Gasteiger partial charge in [0.25, 0.3) is 0 Å². The van der Waals surface area contributed by atoms with Gasteiger partial charge in [-0.3, -0.25) is 0 Å². The third kappa shape index (κ3) is 3.09. The van der Waals surface area contributed by atoms with Crippen molar-refractivity contribution in [2.75, 3.05) is 12.3 Å². The molecule has 0 saturated heterocycles. The fraction of sp³-hybridized carbons (Fsp3) is 0.571. The highest BCUT2D eigenvalue weighted by Crippen LogP contribution is 2.29. The summed E-state index contributed by atoms with van der Waals surface area (Å²) in [6, 6.07) is 3.58. The van der Waals surface area contributed by atoms with E-state index < -0.39 is 10.0 Å². The van der Waals surface area contributed by atoms with Crippen LogP contribution in [0.25, 0.3) is 0 Å². The second-order valence-electron chi connectivity index (χ2n) is 5.15. The molecule has 19 heavy (non-hydrogen) atoms. The highest BCUT2D eigenvalue weighted by atomic mass is 32.2. The standard InChI is InChI=1S/C14H24N2O2S/c1-6-9-16(10(2)3)19(17,18)14-12(5)8-7-11(4)13(14)15/h7-8,10H,6,9,15H2,1-5H3. The van der Waals surface area contributed by atoms with Crippen molar-refractivity contribution in [2.24, 2.45) is 0 Å². The maximum atomic E-state index is 12.8. The summed E-state index contributed by atoms with van der Waals surface area (Å²) in [4.78, 5) is 0.259. The first-order valence-corrected chi connectivity index (χ1v) is 8.05. The molecule has 0 spiro atoms. The molecule has 4 nitrogen and oxygen atoms in total. The average Bonchev–Trinajstić information content (AvgIpc) is 2.30. The zero-order valence-electron chi connectivity index (χ0n) is 12.4. The molecule has 0 aromatic heterocycles. The van der Waals surface area contributed by atoms with E-state index in [2.05, 4.69) is 0 Å². The predicted molar refractivity (Wildman–Crippen MR) is 79.6 cm³/mol. The van der Waals surface area contributed by atoms with E-state index in [1.807, 2.05) is 39.8 Å². The van der Waals surface area contributed by atoms with Crippen molar-refractivity contribution in [3.8, 4) is 0 Å². The predicted octanol–water partition coefficient (Wildman–Crippen LogP) is 2.69. The smallest absolute Gasteiger partial charge is 0.245 e. The number of benzene rings is 1. The maximum absolute atomic E-state index is 12.8. The van der Waals surface area contributed by atoms with Crippen LogP contribution < -0.4 is 5.73 Å². The number of nitrogens with two attached hydrogens (primary N) is 1. The minimum atomic E-state index is -3.54. The third-order valence-corrected chi connectivity index (χ3v) is 5.48. The number of anilines is 1. The largest absolute Gasteiger partial charge is 0.397 e. The van der Waals surface area contributed by atoms with Crippen molar-refractivity contribution >= 4 is 15.7 Å².